The van der Waals surface area contributed by atoms with Crippen molar-refractivity contribution in [3.63, 3.8) is 0 Å². The smallest absolute Gasteiger partial charge is 0.253 e. The van der Waals surface area contributed by atoms with Crippen LogP contribution in [0.1, 0.15) is 39.9 Å². The van der Waals surface area contributed by atoms with Crippen LogP contribution >= 0.6 is 15.9 Å². The first kappa shape index (κ1) is 19.4. The second-order valence-corrected chi connectivity index (χ2v) is 7.58. The summed E-state index contributed by atoms with van der Waals surface area (Å²) in [6, 6.07) is 9.78. The third kappa shape index (κ3) is 4.47. The molecule has 3 rings (SSSR count). The van der Waals surface area contributed by atoms with E-state index in [9.17, 15) is 4.79 Å². The van der Waals surface area contributed by atoms with Gasteiger partial charge in [-0.25, -0.2) is 0 Å². The minimum atomic E-state index is -0.0248. The Morgan fingerprint density at radius 2 is 2.00 bits per heavy atom. The fraction of sp³-hybridized carbons (Fsp3) is 0.350. The van der Waals surface area contributed by atoms with E-state index >= 15 is 0 Å². The van der Waals surface area contributed by atoms with E-state index in [1.54, 1.807) is 11.9 Å². The van der Waals surface area contributed by atoms with Gasteiger partial charge in [-0.2, -0.15) is 10.2 Å². The number of aromatic nitrogens is 4. The predicted octanol–water partition coefficient (Wildman–Crippen LogP) is 3.80. The molecule has 0 unspecified atom stereocenters. The topological polar surface area (TPSA) is 56.0 Å². The van der Waals surface area contributed by atoms with Gasteiger partial charge in [0, 0.05) is 31.0 Å². The Morgan fingerprint density at radius 3 is 2.63 bits per heavy atom. The van der Waals surface area contributed by atoms with Crippen LogP contribution in [0.2, 0.25) is 0 Å². The van der Waals surface area contributed by atoms with Crippen LogP contribution in [-0.4, -0.2) is 37.4 Å². The Balaban J connectivity index is 1.74. The van der Waals surface area contributed by atoms with Crippen molar-refractivity contribution in [3.8, 4) is 0 Å². The molecule has 142 valence electrons. The first-order chi connectivity index (χ1) is 12.9. The predicted molar refractivity (Wildman–Crippen MR) is 109 cm³/mol. The lowest BCUT2D eigenvalue weighted by Crippen LogP contribution is -2.26. The highest BCUT2D eigenvalue weighted by Crippen LogP contribution is 2.18. The number of carbonyl (C=O) groups is 1. The minimum absolute atomic E-state index is 0.0248. The first-order valence-electron chi connectivity index (χ1n) is 8.94. The van der Waals surface area contributed by atoms with Gasteiger partial charge in [0.1, 0.15) is 0 Å². The SMILES string of the molecule is CCn1cc(Br)c(CN(C)C(=O)c2cccc(Cn3nc(C)cc3C)c2)n1. The molecule has 27 heavy (non-hydrogen) atoms. The molecule has 2 heterocycles. The number of carbonyl (C=O) groups excluding carboxylic acids is 1. The molecule has 1 aromatic carbocycles. The quantitative estimate of drug-likeness (QED) is 0.598. The maximum absolute atomic E-state index is 12.9. The average Bonchev–Trinajstić information content (AvgIpc) is 3.15. The summed E-state index contributed by atoms with van der Waals surface area (Å²) in [5.41, 5.74) is 4.68. The summed E-state index contributed by atoms with van der Waals surface area (Å²) in [5.74, 6) is -0.0248. The summed E-state index contributed by atoms with van der Waals surface area (Å²) in [5, 5.41) is 8.99. The Kier molecular flexibility index (Phi) is 5.79. The molecular formula is C20H24BrN5O. The molecule has 2 aromatic heterocycles. The number of aryl methyl sites for hydroxylation is 3. The molecule has 0 atom stereocenters. The highest BCUT2D eigenvalue weighted by Gasteiger charge is 2.16. The monoisotopic (exact) mass is 429 g/mol. The zero-order valence-electron chi connectivity index (χ0n) is 16.1. The Labute approximate surface area is 167 Å². The van der Waals surface area contributed by atoms with E-state index in [1.165, 1.54) is 0 Å². The van der Waals surface area contributed by atoms with Crippen molar-refractivity contribution >= 4 is 21.8 Å². The number of benzene rings is 1. The lowest BCUT2D eigenvalue weighted by atomic mass is 10.1. The van der Waals surface area contributed by atoms with Crippen LogP contribution in [0.25, 0.3) is 0 Å². The Hall–Kier alpha value is -2.41. The summed E-state index contributed by atoms with van der Waals surface area (Å²) in [4.78, 5) is 14.6. The van der Waals surface area contributed by atoms with Gasteiger partial charge in [0.25, 0.3) is 5.91 Å². The normalized spacial score (nSPS) is 11.0. The summed E-state index contributed by atoms with van der Waals surface area (Å²) in [6.45, 7) is 7.95. The Bertz CT molecular complexity index is 959. The summed E-state index contributed by atoms with van der Waals surface area (Å²) in [7, 11) is 1.80. The van der Waals surface area contributed by atoms with Gasteiger partial charge in [-0.05, 0) is 60.5 Å². The maximum atomic E-state index is 12.9. The van der Waals surface area contributed by atoms with Crippen LogP contribution in [-0.2, 0) is 19.6 Å². The molecule has 0 spiro atoms. The van der Waals surface area contributed by atoms with Gasteiger partial charge in [-0.15, -0.1) is 0 Å². The molecule has 0 saturated carbocycles. The lowest BCUT2D eigenvalue weighted by Gasteiger charge is -2.17. The standard InChI is InChI=1S/C20H24BrN5O/c1-5-25-12-18(21)19(23-25)13-24(4)20(27)17-8-6-7-16(10-17)11-26-15(3)9-14(2)22-26/h6-10,12H,5,11,13H2,1-4H3. The second kappa shape index (κ2) is 8.08. The zero-order valence-corrected chi connectivity index (χ0v) is 17.7. The molecule has 0 bridgehead atoms. The zero-order chi connectivity index (χ0) is 19.6. The second-order valence-electron chi connectivity index (χ2n) is 6.73. The molecule has 0 fully saturated rings. The van der Waals surface area contributed by atoms with E-state index in [2.05, 4.69) is 32.2 Å². The van der Waals surface area contributed by atoms with Gasteiger partial charge >= 0.3 is 0 Å². The molecule has 0 N–H and O–H groups in total. The molecule has 0 aliphatic heterocycles. The summed E-state index contributed by atoms with van der Waals surface area (Å²) in [6.07, 6.45) is 1.93. The number of nitrogens with zero attached hydrogens (tertiary/aromatic N) is 5. The minimum Gasteiger partial charge on any atom is -0.336 e. The van der Waals surface area contributed by atoms with E-state index in [-0.39, 0.29) is 5.91 Å². The fourth-order valence-corrected chi connectivity index (χ4v) is 3.47. The molecule has 1 amide bonds. The molecule has 7 heteroatoms. The van der Waals surface area contributed by atoms with Gasteiger partial charge < -0.3 is 4.90 Å². The summed E-state index contributed by atoms with van der Waals surface area (Å²) >= 11 is 3.52. The van der Waals surface area contributed by atoms with Crippen molar-refractivity contribution in [2.24, 2.45) is 0 Å². The third-order valence-electron chi connectivity index (χ3n) is 4.45. The van der Waals surface area contributed by atoms with E-state index in [1.807, 2.05) is 60.6 Å². The maximum Gasteiger partial charge on any atom is 0.253 e. The van der Waals surface area contributed by atoms with Crippen molar-refractivity contribution in [3.05, 3.63) is 69.2 Å². The van der Waals surface area contributed by atoms with Crippen molar-refractivity contribution in [2.75, 3.05) is 7.05 Å². The molecule has 0 radical (unpaired) electrons. The third-order valence-corrected chi connectivity index (χ3v) is 5.12. The average molecular weight is 430 g/mol. The first-order valence-corrected chi connectivity index (χ1v) is 9.74. The van der Waals surface area contributed by atoms with E-state index in [0.717, 1.165) is 33.7 Å². The molecule has 0 aliphatic rings. The van der Waals surface area contributed by atoms with Gasteiger partial charge in [0.2, 0.25) is 0 Å². The van der Waals surface area contributed by atoms with Gasteiger partial charge in [0.15, 0.2) is 0 Å². The number of rotatable bonds is 6. The van der Waals surface area contributed by atoms with E-state index < -0.39 is 0 Å². The van der Waals surface area contributed by atoms with Crippen LogP contribution in [0, 0.1) is 13.8 Å². The van der Waals surface area contributed by atoms with Gasteiger partial charge in [0.05, 0.1) is 29.0 Å². The van der Waals surface area contributed by atoms with Crippen molar-refractivity contribution in [2.45, 2.75) is 40.4 Å². The molecule has 0 saturated heterocycles. The van der Waals surface area contributed by atoms with Crippen molar-refractivity contribution in [1.29, 1.82) is 0 Å². The van der Waals surface area contributed by atoms with Crippen LogP contribution in [0.4, 0.5) is 0 Å². The largest absolute Gasteiger partial charge is 0.336 e. The molecule has 3 aromatic rings. The lowest BCUT2D eigenvalue weighted by molar-refractivity contribution is 0.0782. The molecule has 0 aliphatic carbocycles. The number of halogens is 1. The van der Waals surface area contributed by atoms with Crippen LogP contribution in [0.5, 0.6) is 0 Å². The summed E-state index contributed by atoms with van der Waals surface area (Å²) < 4.78 is 4.73. The highest BCUT2D eigenvalue weighted by atomic mass is 79.9. The van der Waals surface area contributed by atoms with Gasteiger partial charge in [-0.3, -0.25) is 14.2 Å². The van der Waals surface area contributed by atoms with E-state index in [0.29, 0.717) is 18.7 Å². The van der Waals surface area contributed by atoms with Crippen LogP contribution < -0.4 is 0 Å². The van der Waals surface area contributed by atoms with Crippen LogP contribution in [0.15, 0.2) is 41.0 Å². The fourth-order valence-electron chi connectivity index (χ4n) is 3.03. The Morgan fingerprint density at radius 1 is 1.22 bits per heavy atom. The van der Waals surface area contributed by atoms with Crippen LogP contribution in [0.3, 0.4) is 0 Å². The van der Waals surface area contributed by atoms with Gasteiger partial charge in [-0.1, -0.05) is 12.1 Å². The van der Waals surface area contributed by atoms with Crippen molar-refractivity contribution < 1.29 is 4.79 Å². The highest BCUT2D eigenvalue weighted by molar-refractivity contribution is 9.10. The number of hydrogen-bond acceptors (Lipinski definition) is 3. The number of amides is 1. The number of hydrogen-bond donors (Lipinski definition) is 0. The molecule has 6 nitrogen and oxygen atoms in total. The van der Waals surface area contributed by atoms with Crippen molar-refractivity contribution in [1.82, 2.24) is 24.5 Å². The van der Waals surface area contributed by atoms with E-state index in [4.69, 9.17) is 0 Å². The molecular weight excluding hydrogens is 406 g/mol.